The van der Waals surface area contributed by atoms with Crippen molar-refractivity contribution in [1.29, 1.82) is 0 Å². The van der Waals surface area contributed by atoms with Crippen LogP contribution in [0.4, 0.5) is 5.69 Å². The average molecular weight is 277 g/mol. The lowest BCUT2D eigenvalue weighted by Crippen LogP contribution is -2.13. The van der Waals surface area contributed by atoms with Gasteiger partial charge in [-0.2, -0.15) is 0 Å². The zero-order valence-corrected chi connectivity index (χ0v) is 11.8. The number of nitrogens with two attached hydrogens (primary N) is 1. The summed E-state index contributed by atoms with van der Waals surface area (Å²) in [7, 11) is 0. The van der Waals surface area contributed by atoms with Gasteiger partial charge in [0.2, 0.25) is 0 Å². The third-order valence-corrected chi connectivity index (χ3v) is 3.93. The van der Waals surface area contributed by atoms with Crippen LogP contribution in [0.15, 0.2) is 30.5 Å². The van der Waals surface area contributed by atoms with Gasteiger partial charge in [-0.25, -0.2) is 4.98 Å². The number of aromatic nitrogens is 1. The van der Waals surface area contributed by atoms with Gasteiger partial charge in [0.1, 0.15) is 10.00 Å². The maximum atomic E-state index is 5.69. The van der Waals surface area contributed by atoms with E-state index in [0.29, 0.717) is 11.5 Å². The Kier molecular flexibility index (Phi) is 4.28. The number of thiazole rings is 1. The largest absolute Gasteiger partial charge is 0.389 e. The molecule has 0 amide bonds. The van der Waals surface area contributed by atoms with Crippen LogP contribution in [0.25, 0.3) is 0 Å². The van der Waals surface area contributed by atoms with Gasteiger partial charge in [-0.05, 0) is 18.6 Å². The normalized spacial score (nSPS) is 10.3. The fourth-order valence-corrected chi connectivity index (χ4v) is 2.60. The summed E-state index contributed by atoms with van der Waals surface area (Å²) < 4.78 is 0. The first-order chi connectivity index (χ1) is 8.70. The Bertz CT molecular complexity index is 549. The molecular formula is C13H15N3S2. The summed E-state index contributed by atoms with van der Waals surface area (Å²) in [5.74, 6) is 0. The van der Waals surface area contributed by atoms with Crippen molar-refractivity contribution in [3.05, 3.63) is 45.9 Å². The highest BCUT2D eigenvalue weighted by Gasteiger charge is 2.05. The van der Waals surface area contributed by atoms with Crippen LogP contribution in [0, 0.1) is 0 Å². The molecular weight excluding hydrogens is 262 g/mol. The Labute approximate surface area is 116 Å². The topological polar surface area (TPSA) is 50.9 Å². The summed E-state index contributed by atoms with van der Waals surface area (Å²) in [6, 6.07) is 7.79. The highest BCUT2D eigenvalue weighted by atomic mass is 32.1. The van der Waals surface area contributed by atoms with Crippen LogP contribution in [-0.2, 0) is 13.0 Å². The molecule has 0 radical (unpaired) electrons. The molecule has 5 heteroatoms. The minimum atomic E-state index is 0.409. The number of nitrogens with zero attached hydrogens (tertiary/aromatic N) is 1. The molecule has 3 N–H and O–H groups in total. The molecule has 0 bridgehead atoms. The predicted molar refractivity (Wildman–Crippen MR) is 81.1 cm³/mol. The van der Waals surface area contributed by atoms with Crippen molar-refractivity contribution in [1.82, 2.24) is 4.98 Å². The molecule has 0 saturated carbocycles. The highest BCUT2D eigenvalue weighted by molar-refractivity contribution is 7.80. The summed E-state index contributed by atoms with van der Waals surface area (Å²) in [5, 5.41) is 4.40. The first kappa shape index (κ1) is 13.0. The minimum Gasteiger partial charge on any atom is -0.389 e. The van der Waals surface area contributed by atoms with E-state index in [9.17, 15) is 0 Å². The molecule has 1 heterocycles. The first-order valence-corrected chi connectivity index (χ1v) is 6.99. The predicted octanol–water partition coefficient (Wildman–Crippen LogP) is 2.95. The van der Waals surface area contributed by atoms with E-state index in [1.807, 2.05) is 30.5 Å². The van der Waals surface area contributed by atoms with Gasteiger partial charge in [0, 0.05) is 22.3 Å². The van der Waals surface area contributed by atoms with Crippen LogP contribution in [0.3, 0.4) is 0 Å². The van der Waals surface area contributed by atoms with Crippen LogP contribution < -0.4 is 11.1 Å². The molecule has 0 aliphatic carbocycles. The Morgan fingerprint density at radius 2 is 2.22 bits per heavy atom. The molecule has 0 unspecified atom stereocenters. The van der Waals surface area contributed by atoms with E-state index in [-0.39, 0.29) is 0 Å². The van der Waals surface area contributed by atoms with Crippen molar-refractivity contribution in [2.24, 2.45) is 5.73 Å². The van der Waals surface area contributed by atoms with Gasteiger partial charge in [0.05, 0.1) is 6.54 Å². The van der Waals surface area contributed by atoms with Crippen LogP contribution in [0.5, 0.6) is 0 Å². The molecule has 94 valence electrons. The molecule has 0 saturated heterocycles. The average Bonchev–Trinajstić information content (AvgIpc) is 2.84. The van der Waals surface area contributed by atoms with E-state index < -0.39 is 0 Å². The lowest BCUT2D eigenvalue weighted by atomic mass is 10.2. The molecule has 2 rings (SSSR count). The molecule has 0 aliphatic heterocycles. The van der Waals surface area contributed by atoms with Crippen molar-refractivity contribution in [3.63, 3.8) is 0 Å². The maximum Gasteiger partial charge on any atom is 0.112 e. The van der Waals surface area contributed by atoms with E-state index in [2.05, 4.69) is 17.2 Å². The highest BCUT2D eigenvalue weighted by Crippen LogP contribution is 2.18. The first-order valence-electron chi connectivity index (χ1n) is 5.77. The zero-order valence-electron chi connectivity index (χ0n) is 10.1. The molecule has 1 aromatic heterocycles. The second-order valence-corrected chi connectivity index (χ2v) is 5.48. The number of thiocarbonyl (C=S) groups is 1. The Morgan fingerprint density at radius 3 is 2.89 bits per heavy atom. The van der Waals surface area contributed by atoms with Gasteiger partial charge in [0.15, 0.2) is 0 Å². The van der Waals surface area contributed by atoms with Crippen molar-refractivity contribution in [2.45, 2.75) is 19.9 Å². The summed E-state index contributed by atoms with van der Waals surface area (Å²) >= 11 is 6.76. The second-order valence-electron chi connectivity index (χ2n) is 3.84. The Morgan fingerprint density at radius 1 is 1.44 bits per heavy atom. The molecule has 0 aliphatic rings. The van der Waals surface area contributed by atoms with Gasteiger partial charge in [0.25, 0.3) is 0 Å². The molecule has 0 atom stereocenters. The van der Waals surface area contributed by atoms with E-state index in [0.717, 1.165) is 22.7 Å². The number of anilines is 1. The van der Waals surface area contributed by atoms with E-state index in [4.69, 9.17) is 18.0 Å². The fourth-order valence-electron chi connectivity index (χ4n) is 1.62. The number of nitrogens with one attached hydrogen (secondary N) is 1. The number of benzene rings is 1. The van der Waals surface area contributed by atoms with E-state index >= 15 is 0 Å². The number of para-hydroxylation sites is 1. The van der Waals surface area contributed by atoms with Gasteiger partial charge in [-0.3, -0.25) is 0 Å². The second kappa shape index (κ2) is 5.93. The zero-order chi connectivity index (χ0) is 13.0. The van der Waals surface area contributed by atoms with Crippen LogP contribution in [-0.4, -0.2) is 9.97 Å². The van der Waals surface area contributed by atoms with Crippen molar-refractivity contribution in [2.75, 3.05) is 5.32 Å². The quantitative estimate of drug-likeness (QED) is 0.825. The van der Waals surface area contributed by atoms with Gasteiger partial charge in [-0.1, -0.05) is 31.3 Å². The summed E-state index contributed by atoms with van der Waals surface area (Å²) in [6.07, 6.45) is 2.96. The SMILES string of the molecule is CCc1cnc(CNc2ccccc2C(N)=S)s1. The number of hydrogen-bond acceptors (Lipinski definition) is 4. The van der Waals surface area contributed by atoms with E-state index in [1.165, 1.54) is 4.88 Å². The third kappa shape index (κ3) is 3.05. The number of aryl methyl sites for hydroxylation is 1. The van der Waals surface area contributed by atoms with Gasteiger partial charge in [-0.15, -0.1) is 11.3 Å². The molecule has 2 aromatic rings. The van der Waals surface area contributed by atoms with Gasteiger partial charge < -0.3 is 11.1 Å². The molecule has 0 spiro atoms. The van der Waals surface area contributed by atoms with Crippen molar-refractivity contribution in [3.8, 4) is 0 Å². The van der Waals surface area contributed by atoms with Crippen LogP contribution >= 0.6 is 23.6 Å². The van der Waals surface area contributed by atoms with Gasteiger partial charge >= 0.3 is 0 Å². The van der Waals surface area contributed by atoms with Crippen LogP contribution in [0.2, 0.25) is 0 Å². The lowest BCUT2D eigenvalue weighted by Gasteiger charge is -2.09. The summed E-state index contributed by atoms with van der Waals surface area (Å²) in [5.41, 5.74) is 7.52. The molecule has 18 heavy (non-hydrogen) atoms. The molecule has 3 nitrogen and oxygen atoms in total. The fraction of sp³-hybridized carbons (Fsp3) is 0.231. The summed E-state index contributed by atoms with van der Waals surface area (Å²) in [4.78, 5) is 6.08. The van der Waals surface area contributed by atoms with Crippen molar-refractivity contribution < 1.29 is 0 Å². The minimum absolute atomic E-state index is 0.409. The molecule has 0 fully saturated rings. The number of rotatable bonds is 5. The number of hydrogen-bond donors (Lipinski definition) is 2. The molecule has 1 aromatic carbocycles. The van der Waals surface area contributed by atoms with Crippen molar-refractivity contribution >= 4 is 34.2 Å². The monoisotopic (exact) mass is 277 g/mol. The standard InChI is InChI=1S/C13H15N3S2/c1-2-9-7-16-12(18-9)8-15-11-6-4-3-5-10(11)13(14)17/h3-7,15H,2,8H2,1H3,(H2,14,17). The van der Waals surface area contributed by atoms with Crippen LogP contribution in [0.1, 0.15) is 22.4 Å². The van der Waals surface area contributed by atoms with E-state index in [1.54, 1.807) is 11.3 Å². The Balaban J connectivity index is 2.08. The smallest absolute Gasteiger partial charge is 0.112 e. The maximum absolute atomic E-state index is 5.69. The lowest BCUT2D eigenvalue weighted by molar-refractivity contribution is 1.09. The third-order valence-electron chi connectivity index (χ3n) is 2.57. The Hall–Kier alpha value is -1.46. The summed E-state index contributed by atoms with van der Waals surface area (Å²) in [6.45, 7) is 2.83.